The lowest BCUT2D eigenvalue weighted by Gasteiger charge is -2.43. The molecule has 0 spiro atoms. The van der Waals surface area contributed by atoms with Gasteiger partial charge in [0.1, 0.15) is 0 Å². The van der Waals surface area contributed by atoms with Crippen molar-refractivity contribution in [2.24, 2.45) is 23.2 Å². The summed E-state index contributed by atoms with van der Waals surface area (Å²) in [5, 5.41) is 7.80. The number of allylic oxidation sites excluding steroid dienone is 12. The second kappa shape index (κ2) is 11.4. The Balaban J connectivity index is 1.12. The molecule has 7 aromatic rings. The van der Waals surface area contributed by atoms with Gasteiger partial charge < -0.3 is 9.47 Å². The summed E-state index contributed by atoms with van der Waals surface area (Å²) in [5.41, 5.74) is 11.8. The van der Waals surface area contributed by atoms with Crippen molar-refractivity contribution < 1.29 is 0 Å². The number of nitrogens with zero attached hydrogens (tertiary/aromatic N) is 2. The molecule has 0 bridgehead atoms. The summed E-state index contributed by atoms with van der Waals surface area (Å²) in [6, 6.07) is 44.7. The fourth-order valence-corrected chi connectivity index (χ4v) is 9.89. The normalized spacial score (nSPS) is 22.9. The van der Waals surface area contributed by atoms with Crippen molar-refractivity contribution >= 4 is 60.4 Å². The topological polar surface area (TPSA) is 7.94 Å². The molecule has 4 atom stereocenters. The lowest BCUT2D eigenvalue weighted by Crippen LogP contribution is -2.36. The molecule has 1 aromatic heterocycles. The Bertz CT molecular complexity index is 2830. The zero-order valence-electron chi connectivity index (χ0n) is 30.1. The Hall–Kier alpha value is -6.12. The summed E-state index contributed by atoms with van der Waals surface area (Å²) < 4.78 is 2.58. The highest BCUT2D eigenvalue weighted by Gasteiger charge is 2.46. The number of aromatic nitrogens is 1. The Labute approximate surface area is 310 Å². The highest BCUT2D eigenvalue weighted by atomic mass is 15.3. The molecule has 0 radical (unpaired) electrons. The highest BCUT2D eigenvalue weighted by molar-refractivity contribution is 6.30. The number of hydrogen-bond donors (Lipinski definition) is 0. The molecule has 11 rings (SSSR count). The summed E-state index contributed by atoms with van der Waals surface area (Å²) in [7, 11) is 0. The van der Waals surface area contributed by atoms with Crippen molar-refractivity contribution in [3.8, 4) is 11.1 Å². The van der Waals surface area contributed by atoms with Crippen LogP contribution in [0.15, 0.2) is 187 Å². The van der Waals surface area contributed by atoms with Crippen molar-refractivity contribution in [2.75, 3.05) is 4.90 Å². The van der Waals surface area contributed by atoms with E-state index in [9.17, 15) is 0 Å². The van der Waals surface area contributed by atoms with Crippen LogP contribution in [0.5, 0.6) is 0 Å². The Morgan fingerprint density at radius 1 is 0.623 bits per heavy atom. The van der Waals surface area contributed by atoms with Gasteiger partial charge in [0.2, 0.25) is 0 Å². The van der Waals surface area contributed by atoms with Gasteiger partial charge >= 0.3 is 0 Å². The summed E-state index contributed by atoms with van der Waals surface area (Å²) in [6.07, 6.45) is 22.4. The maximum absolute atomic E-state index is 2.58. The second-order valence-electron chi connectivity index (χ2n) is 15.6. The summed E-state index contributed by atoms with van der Waals surface area (Å²) in [5.74, 6) is 1.05. The number of rotatable bonds is 5. The molecule has 53 heavy (non-hydrogen) atoms. The minimum Gasteiger partial charge on any atom is -0.309 e. The van der Waals surface area contributed by atoms with Gasteiger partial charge in [-0.3, -0.25) is 0 Å². The minimum atomic E-state index is -0.0182. The predicted molar refractivity (Wildman–Crippen MR) is 225 cm³/mol. The average molecular weight is 681 g/mol. The molecule has 3 aliphatic carbocycles. The maximum Gasteiger partial charge on any atom is 0.0700 e. The van der Waals surface area contributed by atoms with E-state index in [4.69, 9.17) is 0 Å². The van der Waals surface area contributed by atoms with E-state index in [1.165, 1.54) is 82.8 Å². The van der Waals surface area contributed by atoms with E-state index in [1.807, 2.05) is 0 Å². The molecule has 0 fully saturated rings. The molecule has 2 heteroatoms. The number of para-hydroxylation sites is 2. The molecule has 2 heterocycles. The summed E-state index contributed by atoms with van der Waals surface area (Å²) in [6.45, 7) is 4.90. The van der Waals surface area contributed by atoms with Crippen LogP contribution in [-0.2, 0) is 0 Å². The van der Waals surface area contributed by atoms with Crippen LogP contribution in [0.4, 0.5) is 11.4 Å². The first-order valence-electron chi connectivity index (χ1n) is 19.1. The predicted octanol–water partition coefficient (Wildman–Crippen LogP) is 13.5. The average Bonchev–Trinajstić information content (AvgIpc) is 3.83. The standard InChI is InChI=1S/C51H40N2/c1-33-15-14-26-48(53-44-24-12-13-25-45(44)53)51(33,2)32-36-28-29-43(40-22-10-8-19-37(36)40)52-46-30-27-35-18-6-7-20-38(35)49(46)50-41-23-11-9-21-39(41)42(31-47(50)52)34-16-4-3-5-17-34/h3-31,33,36-37H,32H2,1-2H3/t33?,36?,37?,51-/m1/s1. The highest BCUT2D eigenvalue weighted by Crippen LogP contribution is 2.59. The van der Waals surface area contributed by atoms with Crippen LogP contribution >= 0.6 is 0 Å². The van der Waals surface area contributed by atoms with E-state index in [0.717, 1.165) is 6.42 Å². The Kier molecular flexibility index (Phi) is 6.58. The third-order valence-corrected chi connectivity index (χ3v) is 12.8. The SMILES string of the molecule is CC1C=CC=C(N2c3ccccc32)[C@]1(C)CC1C=CC(n2c3ccc4ccccc4c3c3c4ccccc4c(-c4ccccc4)cc32)=C2C=CC=CC21. The van der Waals surface area contributed by atoms with Crippen LogP contribution in [0.3, 0.4) is 0 Å². The van der Waals surface area contributed by atoms with Gasteiger partial charge in [0, 0.05) is 33.5 Å². The van der Waals surface area contributed by atoms with Crippen molar-refractivity contribution in [3.63, 3.8) is 0 Å². The van der Waals surface area contributed by atoms with E-state index >= 15 is 0 Å². The summed E-state index contributed by atoms with van der Waals surface area (Å²) >= 11 is 0. The molecule has 0 amide bonds. The monoisotopic (exact) mass is 680 g/mol. The second-order valence-corrected chi connectivity index (χ2v) is 15.6. The van der Waals surface area contributed by atoms with Crippen molar-refractivity contribution in [2.45, 2.75) is 20.3 Å². The van der Waals surface area contributed by atoms with Gasteiger partial charge in [-0.05, 0) is 92.9 Å². The quantitative estimate of drug-likeness (QED) is 0.164. The van der Waals surface area contributed by atoms with Crippen LogP contribution in [0.25, 0.3) is 60.2 Å². The first-order valence-corrected chi connectivity index (χ1v) is 19.1. The van der Waals surface area contributed by atoms with Crippen molar-refractivity contribution in [1.82, 2.24) is 4.57 Å². The van der Waals surface area contributed by atoms with Crippen LogP contribution in [0.1, 0.15) is 20.3 Å². The van der Waals surface area contributed by atoms with E-state index in [-0.39, 0.29) is 11.3 Å². The van der Waals surface area contributed by atoms with E-state index in [1.54, 1.807) is 0 Å². The fraction of sp³-hybridized carbons (Fsp3) is 0.137. The van der Waals surface area contributed by atoms with Gasteiger partial charge in [0.05, 0.1) is 22.4 Å². The first kappa shape index (κ1) is 30.5. The van der Waals surface area contributed by atoms with Gasteiger partial charge in [0.25, 0.3) is 0 Å². The number of hydrogen-bond acceptors (Lipinski definition) is 1. The molecular formula is C51H40N2. The Morgan fingerprint density at radius 3 is 2.17 bits per heavy atom. The summed E-state index contributed by atoms with van der Waals surface area (Å²) in [4.78, 5) is 2.49. The van der Waals surface area contributed by atoms with E-state index in [2.05, 4.69) is 199 Å². The molecular weight excluding hydrogens is 641 g/mol. The lowest BCUT2D eigenvalue weighted by molar-refractivity contribution is 0.229. The molecule has 2 nitrogen and oxygen atoms in total. The van der Waals surface area contributed by atoms with Crippen LogP contribution in [0.2, 0.25) is 0 Å². The number of fused-ring (bicyclic) bond motifs is 9. The lowest BCUT2D eigenvalue weighted by atomic mass is 9.63. The fourth-order valence-electron chi connectivity index (χ4n) is 9.89. The molecule has 1 aliphatic heterocycles. The largest absolute Gasteiger partial charge is 0.309 e. The molecule has 4 aliphatic rings. The van der Waals surface area contributed by atoms with Crippen LogP contribution < -0.4 is 4.90 Å². The van der Waals surface area contributed by atoms with E-state index in [0.29, 0.717) is 11.8 Å². The van der Waals surface area contributed by atoms with E-state index < -0.39 is 0 Å². The molecule has 0 saturated heterocycles. The minimum absolute atomic E-state index is 0.0182. The van der Waals surface area contributed by atoms with Crippen LogP contribution in [-0.4, -0.2) is 4.57 Å². The first-order chi connectivity index (χ1) is 26.1. The molecule has 0 saturated carbocycles. The molecule has 0 N–H and O–H groups in total. The van der Waals surface area contributed by atoms with Gasteiger partial charge in [-0.25, -0.2) is 0 Å². The van der Waals surface area contributed by atoms with Gasteiger partial charge in [-0.1, -0.05) is 153 Å². The molecule has 3 unspecified atom stereocenters. The van der Waals surface area contributed by atoms with Gasteiger partial charge in [-0.2, -0.15) is 0 Å². The van der Waals surface area contributed by atoms with Crippen molar-refractivity contribution in [3.05, 3.63) is 187 Å². The third kappa shape index (κ3) is 4.45. The van der Waals surface area contributed by atoms with Crippen LogP contribution in [0, 0.1) is 23.2 Å². The van der Waals surface area contributed by atoms with Crippen molar-refractivity contribution in [1.29, 1.82) is 0 Å². The number of benzene rings is 6. The molecule has 6 aromatic carbocycles. The third-order valence-electron chi connectivity index (χ3n) is 12.8. The number of anilines is 2. The Morgan fingerprint density at radius 2 is 1.34 bits per heavy atom. The smallest absolute Gasteiger partial charge is 0.0700 e. The molecule has 254 valence electrons. The van der Waals surface area contributed by atoms with Gasteiger partial charge in [-0.15, -0.1) is 0 Å². The zero-order chi connectivity index (χ0) is 35.3. The van der Waals surface area contributed by atoms with Gasteiger partial charge in [0.15, 0.2) is 0 Å². The zero-order valence-corrected chi connectivity index (χ0v) is 30.1. The maximum atomic E-state index is 2.58.